The molecule has 0 aliphatic heterocycles. The van der Waals surface area contributed by atoms with Crippen LogP contribution in [0.4, 0.5) is 5.69 Å². The van der Waals surface area contributed by atoms with Crippen LogP contribution in [0.1, 0.15) is 6.42 Å². The molecule has 18 heavy (non-hydrogen) atoms. The lowest BCUT2D eigenvalue weighted by molar-refractivity contribution is -0.385. The summed E-state index contributed by atoms with van der Waals surface area (Å²) in [6.45, 7) is 0.170. The van der Waals surface area contributed by atoms with Crippen LogP contribution in [-0.2, 0) is 0 Å². The Morgan fingerprint density at radius 2 is 2.39 bits per heavy atom. The zero-order valence-corrected chi connectivity index (χ0v) is 10.5. The molecule has 6 nitrogen and oxygen atoms in total. The van der Waals surface area contributed by atoms with Crippen molar-refractivity contribution < 1.29 is 9.66 Å². The van der Waals surface area contributed by atoms with Gasteiger partial charge in [-0.15, -0.1) is 0 Å². The summed E-state index contributed by atoms with van der Waals surface area (Å²) in [6.07, 6.45) is 0.412. The maximum Gasteiger partial charge on any atom is 0.312 e. The van der Waals surface area contributed by atoms with Gasteiger partial charge in [-0.3, -0.25) is 10.1 Å². The topological polar surface area (TPSA) is 88.2 Å². The number of hydrogen-bond acceptors (Lipinski definition) is 5. The molecule has 0 bridgehead atoms. The Kier molecular flexibility index (Phi) is 5.36. The van der Waals surface area contributed by atoms with Crippen molar-refractivity contribution in [3.05, 3.63) is 33.3 Å². The van der Waals surface area contributed by atoms with Crippen molar-refractivity contribution in [2.75, 3.05) is 13.7 Å². The minimum absolute atomic E-state index is 0.0389. The first-order valence-electron chi connectivity index (χ1n) is 5.22. The fraction of sp³-hybridized carbons (Fsp3) is 0.364. The molecule has 1 rings (SSSR count). The molecular weight excluding hydrogens is 258 g/mol. The first-order valence-corrected chi connectivity index (χ1v) is 5.60. The number of para-hydroxylation sites is 1. The predicted octanol–water partition coefficient (Wildman–Crippen LogP) is 2.13. The van der Waals surface area contributed by atoms with Gasteiger partial charge < -0.3 is 10.1 Å². The number of rotatable bonds is 6. The van der Waals surface area contributed by atoms with E-state index in [1.54, 1.807) is 7.05 Å². The third-order valence-electron chi connectivity index (χ3n) is 2.30. The molecule has 0 fully saturated rings. The molecule has 1 atom stereocenters. The van der Waals surface area contributed by atoms with Gasteiger partial charge in [0.1, 0.15) is 0 Å². The van der Waals surface area contributed by atoms with Gasteiger partial charge in [0.2, 0.25) is 5.75 Å². The Hall–Kier alpha value is -1.84. The van der Waals surface area contributed by atoms with Crippen LogP contribution in [0.5, 0.6) is 5.75 Å². The molecule has 0 saturated heterocycles. The van der Waals surface area contributed by atoms with Crippen LogP contribution in [-0.4, -0.2) is 24.6 Å². The SMILES string of the molecule is CNC(C#N)CCOc1c(Cl)cccc1[N+](=O)[O-]. The van der Waals surface area contributed by atoms with Gasteiger partial charge in [0.15, 0.2) is 0 Å². The van der Waals surface area contributed by atoms with E-state index in [4.69, 9.17) is 21.6 Å². The van der Waals surface area contributed by atoms with Gasteiger partial charge in [0.05, 0.1) is 28.7 Å². The minimum Gasteiger partial charge on any atom is -0.486 e. The molecule has 1 aromatic carbocycles. The van der Waals surface area contributed by atoms with Gasteiger partial charge >= 0.3 is 5.69 Å². The number of nitro groups is 1. The second-order valence-corrected chi connectivity index (χ2v) is 3.86. The van der Waals surface area contributed by atoms with Crippen molar-refractivity contribution in [3.63, 3.8) is 0 Å². The molecule has 7 heteroatoms. The normalized spacial score (nSPS) is 11.6. The second kappa shape index (κ2) is 6.79. The molecule has 96 valence electrons. The van der Waals surface area contributed by atoms with Gasteiger partial charge in [-0.05, 0) is 13.1 Å². The van der Waals surface area contributed by atoms with Crippen molar-refractivity contribution in [1.29, 1.82) is 5.26 Å². The molecule has 0 heterocycles. The highest BCUT2D eigenvalue weighted by atomic mass is 35.5. The second-order valence-electron chi connectivity index (χ2n) is 3.45. The zero-order valence-electron chi connectivity index (χ0n) is 9.72. The van der Waals surface area contributed by atoms with E-state index in [1.165, 1.54) is 18.2 Å². The van der Waals surface area contributed by atoms with E-state index in [0.29, 0.717) is 6.42 Å². The predicted molar refractivity (Wildman–Crippen MR) is 66.7 cm³/mol. The lowest BCUT2D eigenvalue weighted by Crippen LogP contribution is -2.25. The quantitative estimate of drug-likeness (QED) is 0.631. The average molecular weight is 270 g/mol. The van der Waals surface area contributed by atoms with E-state index in [1.807, 2.05) is 6.07 Å². The zero-order chi connectivity index (χ0) is 13.5. The number of benzene rings is 1. The molecule has 0 aliphatic carbocycles. The van der Waals surface area contributed by atoms with Gasteiger partial charge in [-0.1, -0.05) is 17.7 Å². The standard InChI is InChI=1S/C11H12ClN3O3/c1-14-8(7-13)5-6-18-11-9(12)3-2-4-10(11)15(16)17/h2-4,8,14H,5-6H2,1H3. The Balaban J connectivity index is 2.73. The highest BCUT2D eigenvalue weighted by molar-refractivity contribution is 6.32. The average Bonchev–Trinajstić information content (AvgIpc) is 2.36. The van der Waals surface area contributed by atoms with Crippen molar-refractivity contribution in [2.24, 2.45) is 0 Å². The van der Waals surface area contributed by atoms with E-state index in [0.717, 1.165) is 0 Å². The Morgan fingerprint density at radius 3 is 2.94 bits per heavy atom. The molecule has 0 spiro atoms. The van der Waals surface area contributed by atoms with Gasteiger partial charge in [0, 0.05) is 12.5 Å². The van der Waals surface area contributed by atoms with Crippen LogP contribution in [0.3, 0.4) is 0 Å². The lowest BCUT2D eigenvalue weighted by Gasteiger charge is -2.10. The Bertz CT molecular complexity index is 473. The first-order chi connectivity index (χ1) is 8.60. The summed E-state index contributed by atoms with van der Waals surface area (Å²) in [5.74, 6) is 0.0389. The number of ether oxygens (including phenoxy) is 1. The molecular formula is C11H12ClN3O3. The molecule has 1 N–H and O–H groups in total. The number of halogens is 1. The lowest BCUT2D eigenvalue weighted by atomic mass is 10.2. The van der Waals surface area contributed by atoms with Crippen LogP contribution >= 0.6 is 11.6 Å². The summed E-state index contributed by atoms with van der Waals surface area (Å²) < 4.78 is 5.30. The van der Waals surface area contributed by atoms with Crippen molar-refractivity contribution in [1.82, 2.24) is 5.32 Å². The summed E-state index contributed by atoms with van der Waals surface area (Å²) in [6, 6.07) is 6.00. The fourth-order valence-electron chi connectivity index (χ4n) is 1.34. The third-order valence-corrected chi connectivity index (χ3v) is 2.60. The number of hydrogen-bond donors (Lipinski definition) is 1. The van der Waals surface area contributed by atoms with Crippen LogP contribution < -0.4 is 10.1 Å². The molecule has 0 saturated carbocycles. The van der Waals surface area contributed by atoms with E-state index < -0.39 is 4.92 Å². The summed E-state index contributed by atoms with van der Waals surface area (Å²) in [4.78, 5) is 10.2. The third kappa shape index (κ3) is 3.58. The highest BCUT2D eigenvalue weighted by Gasteiger charge is 2.18. The summed E-state index contributed by atoms with van der Waals surface area (Å²) >= 11 is 5.85. The molecule has 0 amide bonds. The van der Waals surface area contributed by atoms with Crippen LogP contribution in [0.15, 0.2) is 18.2 Å². The summed E-state index contributed by atoms with van der Waals surface area (Å²) in [7, 11) is 1.66. The molecule has 0 aliphatic rings. The van der Waals surface area contributed by atoms with Crippen LogP contribution in [0.25, 0.3) is 0 Å². The van der Waals surface area contributed by atoms with Crippen LogP contribution in [0.2, 0.25) is 5.02 Å². The van der Waals surface area contributed by atoms with E-state index in [9.17, 15) is 10.1 Å². The summed E-state index contributed by atoms with van der Waals surface area (Å²) in [5, 5.41) is 22.5. The fourth-order valence-corrected chi connectivity index (χ4v) is 1.56. The molecule has 1 aromatic rings. The Labute approximate surface area is 109 Å². The van der Waals surface area contributed by atoms with E-state index in [2.05, 4.69) is 5.32 Å². The van der Waals surface area contributed by atoms with E-state index in [-0.39, 0.29) is 29.1 Å². The monoisotopic (exact) mass is 269 g/mol. The van der Waals surface area contributed by atoms with E-state index >= 15 is 0 Å². The van der Waals surface area contributed by atoms with Crippen molar-refractivity contribution in [3.8, 4) is 11.8 Å². The minimum atomic E-state index is -0.555. The maximum absolute atomic E-state index is 10.8. The maximum atomic E-state index is 10.8. The molecule has 0 radical (unpaired) electrons. The van der Waals surface area contributed by atoms with Gasteiger partial charge in [-0.2, -0.15) is 5.26 Å². The Morgan fingerprint density at radius 1 is 1.67 bits per heavy atom. The smallest absolute Gasteiger partial charge is 0.312 e. The van der Waals surface area contributed by atoms with Crippen molar-refractivity contribution >= 4 is 17.3 Å². The number of nitriles is 1. The van der Waals surface area contributed by atoms with Crippen LogP contribution in [0, 0.1) is 21.4 Å². The highest BCUT2D eigenvalue weighted by Crippen LogP contribution is 2.34. The number of nitrogens with zero attached hydrogens (tertiary/aromatic N) is 2. The largest absolute Gasteiger partial charge is 0.486 e. The molecule has 0 aromatic heterocycles. The van der Waals surface area contributed by atoms with Gasteiger partial charge in [-0.25, -0.2) is 0 Å². The number of nitrogens with one attached hydrogen (secondary N) is 1. The molecule has 1 unspecified atom stereocenters. The van der Waals surface area contributed by atoms with Gasteiger partial charge in [0.25, 0.3) is 0 Å². The summed E-state index contributed by atoms with van der Waals surface area (Å²) in [5.41, 5.74) is -0.180. The number of nitro benzene ring substituents is 1. The van der Waals surface area contributed by atoms with Crippen molar-refractivity contribution in [2.45, 2.75) is 12.5 Å². The first kappa shape index (κ1) is 14.2.